The zero-order valence-electron chi connectivity index (χ0n) is 96.8. The number of esters is 2. The molecule has 8 N–H and O–H groups in total. The number of aliphatic hydroxyl groups is 8. The molecule has 2 aliphatic carbocycles. The van der Waals surface area contributed by atoms with E-state index in [4.69, 9.17) is 23.7 Å². The molecule has 145 heavy (non-hydrogen) atoms. The number of ether oxygens (including phenoxy) is 5. The molecule has 0 aromatic carbocycles. The fourth-order valence-electron chi connectivity index (χ4n) is 24.2. The van der Waals surface area contributed by atoms with Gasteiger partial charge in [0, 0.05) is 0 Å². The minimum absolute atomic E-state index is 0.434. The number of hydrogen-bond donors (Lipinski definition) is 8. The fraction of sp³-hybridized carbons (Fsp3) is 0.985. The van der Waals surface area contributed by atoms with Gasteiger partial charge in [0.05, 0.1) is 24.0 Å². The molecule has 0 amide bonds. The van der Waals surface area contributed by atoms with E-state index in [0.717, 1.165) is 126 Å². The van der Waals surface area contributed by atoms with Crippen LogP contribution in [0.1, 0.15) is 695 Å². The van der Waals surface area contributed by atoms with Gasteiger partial charge in [-0.1, -0.05) is 657 Å². The highest BCUT2D eigenvalue weighted by Gasteiger charge is 2.51. The summed E-state index contributed by atoms with van der Waals surface area (Å²) in [5.41, 5.74) is 0. The van der Waals surface area contributed by atoms with Crippen LogP contribution in [0.2, 0.25) is 0 Å². The van der Waals surface area contributed by atoms with E-state index in [9.17, 15) is 50.4 Å². The molecule has 2 aliphatic heterocycles. The lowest BCUT2D eigenvalue weighted by atomic mass is 9.91. The molecule has 2 saturated carbocycles. The van der Waals surface area contributed by atoms with Crippen molar-refractivity contribution >= 4 is 11.9 Å². The summed E-state index contributed by atoms with van der Waals surface area (Å²) in [6.45, 7) is 8.08. The van der Waals surface area contributed by atoms with Crippen molar-refractivity contribution in [3.63, 3.8) is 0 Å². The average Bonchev–Trinajstić information content (AvgIpc) is 1.79. The predicted octanol–water partition coefficient (Wildman–Crippen LogP) is 36.8. The van der Waals surface area contributed by atoms with Crippen molar-refractivity contribution in [2.24, 2.45) is 35.5 Å². The van der Waals surface area contributed by atoms with Crippen LogP contribution in [0.4, 0.5) is 0 Å². The highest BCUT2D eigenvalue weighted by Crippen LogP contribution is 2.47. The molecule has 18 atom stereocenters. The molecular weight excluding hydrogens is 1800 g/mol. The molecule has 8 unspecified atom stereocenters. The molecule has 0 spiro atoms. The quantitative estimate of drug-likeness (QED) is 0.0209. The second-order valence-corrected chi connectivity index (χ2v) is 48.4. The lowest BCUT2D eigenvalue weighted by molar-refractivity contribution is -0.376. The molecule has 4 rings (SSSR count). The third-order valence-electron chi connectivity index (χ3n) is 34.8. The van der Waals surface area contributed by atoms with Gasteiger partial charge in [0.1, 0.15) is 62.0 Å². The maximum Gasteiger partial charge on any atom is 0.311 e. The molecule has 15 heteroatoms. The lowest BCUT2D eigenvalue weighted by Crippen LogP contribution is -2.64. The topological polar surface area (TPSA) is 242 Å². The molecule has 4 fully saturated rings. The van der Waals surface area contributed by atoms with Gasteiger partial charge in [-0.25, -0.2) is 0 Å². The van der Waals surface area contributed by atoms with E-state index < -0.39 is 111 Å². The van der Waals surface area contributed by atoms with Crippen LogP contribution in [0.3, 0.4) is 0 Å². The van der Waals surface area contributed by atoms with Crippen LogP contribution >= 0.6 is 0 Å². The molecule has 0 aromatic rings. The van der Waals surface area contributed by atoms with Crippen molar-refractivity contribution in [3.8, 4) is 0 Å². The Hall–Kier alpha value is -1.50. The summed E-state index contributed by atoms with van der Waals surface area (Å²) in [6, 6.07) is 0. The van der Waals surface area contributed by atoms with Crippen molar-refractivity contribution in [1.82, 2.24) is 0 Å². The van der Waals surface area contributed by atoms with Crippen molar-refractivity contribution < 1.29 is 74.1 Å². The number of carbonyl (C=O) groups is 2. The molecule has 0 aromatic heterocycles. The van der Waals surface area contributed by atoms with Crippen molar-refractivity contribution in [2.75, 3.05) is 13.2 Å². The SMILES string of the molecule is CCCCCCCCCCCCCCCCCCCCCCCCCC(O)C(CCCCCCCCCCC1CC1CCCCCCCCCCCCCCCCCC)C(=O)OC[C@H]1O[C@H](O[C@H]2O[C@H](COC(=O)C(CCCCCCCCCCCCCCCCCCCCCCCC)C(O)CCCCCCCCCCCC3CC3CCCCCCCCCCCCCCCCCC)[C@@H](O)[C@H](O)[C@H]2O)[C@H](O)[C@@H](O)[C@@H]1O. The summed E-state index contributed by atoms with van der Waals surface area (Å²) in [7, 11) is 0. The molecule has 2 saturated heterocycles. The Morgan fingerprint density at radius 1 is 0.207 bits per heavy atom. The first-order valence-electron chi connectivity index (χ1n) is 66.0. The van der Waals surface area contributed by atoms with Crippen LogP contribution in [-0.2, 0) is 33.3 Å². The average molecular weight is 2050 g/mol. The van der Waals surface area contributed by atoms with Gasteiger partial charge >= 0.3 is 11.9 Å². The van der Waals surface area contributed by atoms with Gasteiger partial charge in [0.2, 0.25) is 0 Å². The van der Waals surface area contributed by atoms with E-state index in [1.54, 1.807) is 0 Å². The molecular formula is C130H250O15. The predicted molar refractivity (Wildman–Crippen MR) is 612 cm³/mol. The monoisotopic (exact) mass is 2050 g/mol. The molecule has 0 radical (unpaired) electrons. The number of carbonyl (C=O) groups excluding carboxylic acids is 2. The Morgan fingerprint density at radius 3 is 0.531 bits per heavy atom. The fourth-order valence-corrected chi connectivity index (χ4v) is 24.2. The first-order chi connectivity index (χ1) is 71.3. The smallest absolute Gasteiger partial charge is 0.311 e. The maximum absolute atomic E-state index is 14.3. The highest BCUT2D eigenvalue weighted by atomic mass is 16.8. The second-order valence-electron chi connectivity index (χ2n) is 48.4. The van der Waals surface area contributed by atoms with Gasteiger partial charge < -0.3 is 64.5 Å². The Balaban J connectivity index is 1.21. The van der Waals surface area contributed by atoms with E-state index >= 15 is 0 Å². The van der Waals surface area contributed by atoms with Gasteiger partial charge in [0.15, 0.2) is 12.6 Å². The zero-order valence-corrected chi connectivity index (χ0v) is 96.8. The zero-order chi connectivity index (χ0) is 104. The molecule has 2 heterocycles. The summed E-state index contributed by atoms with van der Waals surface area (Å²) < 4.78 is 30.0. The van der Waals surface area contributed by atoms with E-state index in [0.29, 0.717) is 25.7 Å². The minimum atomic E-state index is -1.90. The van der Waals surface area contributed by atoms with Crippen molar-refractivity contribution in [3.05, 3.63) is 0 Å². The maximum atomic E-state index is 14.3. The number of unbranched alkanes of at least 4 members (excludes halogenated alkanes) is 88. The van der Waals surface area contributed by atoms with Crippen LogP contribution in [-0.4, -0.2) is 140 Å². The van der Waals surface area contributed by atoms with Crippen LogP contribution in [0.15, 0.2) is 0 Å². The largest absolute Gasteiger partial charge is 0.463 e. The second kappa shape index (κ2) is 99.3. The third-order valence-corrected chi connectivity index (χ3v) is 34.8. The molecule has 0 bridgehead atoms. The number of rotatable bonds is 114. The van der Waals surface area contributed by atoms with Gasteiger partial charge in [-0.2, -0.15) is 0 Å². The highest BCUT2D eigenvalue weighted by molar-refractivity contribution is 5.73. The van der Waals surface area contributed by atoms with Crippen LogP contribution in [0, 0.1) is 35.5 Å². The summed E-state index contributed by atoms with van der Waals surface area (Å²) in [6.07, 6.45) is 114. The van der Waals surface area contributed by atoms with Gasteiger partial charge in [0.25, 0.3) is 0 Å². The molecule has 15 nitrogen and oxygen atoms in total. The van der Waals surface area contributed by atoms with Crippen molar-refractivity contribution in [2.45, 2.75) is 769 Å². The van der Waals surface area contributed by atoms with Crippen molar-refractivity contribution in [1.29, 1.82) is 0 Å². The third kappa shape index (κ3) is 75.9. The van der Waals surface area contributed by atoms with Gasteiger partial charge in [-0.05, 0) is 62.2 Å². The lowest BCUT2D eigenvalue weighted by Gasteiger charge is -2.44. The summed E-state index contributed by atoms with van der Waals surface area (Å²) in [5, 5.41) is 91.9. The van der Waals surface area contributed by atoms with Crippen LogP contribution < -0.4 is 0 Å². The Labute approximate surface area is 898 Å². The Bertz CT molecular complexity index is 2710. The van der Waals surface area contributed by atoms with Crippen LogP contribution in [0.25, 0.3) is 0 Å². The Morgan fingerprint density at radius 2 is 0.359 bits per heavy atom. The van der Waals surface area contributed by atoms with Gasteiger partial charge in [-0.15, -0.1) is 0 Å². The van der Waals surface area contributed by atoms with E-state index in [2.05, 4.69) is 27.7 Å². The summed E-state index contributed by atoms with van der Waals surface area (Å²) in [5.74, 6) is 1.00. The van der Waals surface area contributed by atoms with E-state index in [1.165, 1.54) is 539 Å². The summed E-state index contributed by atoms with van der Waals surface area (Å²) in [4.78, 5) is 28.7. The first-order valence-corrected chi connectivity index (χ1v) is 66.0. The first kappa shape index (κ1) is 136. The van der Waals surface area contributed by atoms with Crippen LogP contribution in [0.5, 0.6) is 0 Å². The minimum Gasteiger partial charge on any atom is -0.463 e. The van der Waals surface area contributed by atoms with Gasteiger partial charge in [-0.3, -0.25) is 9.59 Å². The van der Waals surface area contributed by atoms with E-state index in [-0.39, 0.29) is 0 Å². The Kier molecular flexibility index (Phi) is 93.0. The van der Waals surface area contributed by atoms with E-state index in [1.807, 2.05) is 0 Å². The summed E-state index contributed by atoms with van der Waals surface area (Å²) >= 11 is 0. The normalized spacial score (nSPS) is 21.9. The molecule has 4 aliphatic rings. The number of hydrogen-bond acceptors (Lipinski definition) is 15. The standard InChI is InChI=1S/C130H250O15/c1-5-9-13-17-21-25-29-33-37-41-43-45-47-49-51-53-57-61-65-71-81-89-97-105-117(131)116(104-96-88-80-74-73-78-86-94-102-114-108-112(114)100-92-84-76-68-63-59-55-40-36-32-28-24-20-16-12-8-4)128(140)142-110-120-122(134)124(136)126(138)130(144-120)145-129-125(137)123(135)121(133)119(143-129)109-141-127(139)115(103-95-87-79-70-64-60-56-52-50-48-46-44-42-38-34-30-26-22-18-14-10-6-2)118(132)106-98-90-82-72-66-69-77-85-93-101-113-107-111(113)99-91-83-75-67-62-58-54-39-35-31-27-23-19-15-11-7-3/h111-126,129-138H,5-110H2,1-4H3/t111?,112?,113?,114?,115?,116?,117?,118?,119-,120-,121-,122-,123+,124+,125-,126-,129-,130-/m1/s1. The number of aliphatic hydroxyl groups excluding tert-OH is 8. The molecule has 860 valence electrons.